The Labute approximate surface area is 146 Å². The van der Waals surface area contributed by atoms with Crippen molar-refractivity contribution >= 4 is 22.6 Å². The van der Waals surface area contributed by atoms with E-state index in [2.05, 4.69) is 15.4 Å². The molecule has 0 radical (unpaired) electrons. The zero-order chi connectivity index (χ0) is 18.0. The third-order valence-electron chi connectivity index (χ3n) is 3.86. The molecule has 25 heavy (non-hydrogen) atoms. The van der Waals surface area contributed by atoms with Gasteiger partial charge < -0.3 is 10.1 Å². The lowest BCUT2D eigenvalue weighted by Crippen LogP contribution is -2.30. The van der Waals surface area contributed by atoms with Gasteiger partial charge in [-0.15, -0.1) is 0 Å². The summed E-state index contributed by atoms with van der Waals surface area (Å²) in [6.07, 6.45) is 2.78. The zero-order valence-corrected chi connectivity index (χ0v) is 14.9. The predicted molar refractivity (Wildman–Crippen MR) is 97.8 cm³/mol. The third kappa shape index (κ3) is 3.79. The molecule has 1 atom stereocenters. The number of fused-ring (bicyclic) bond motifs is 1. The van der Waals surface area contributed by atoms with Gasteiger partial charge in [0.2, 0.25) is 0 Å². The minimum atomic E-state index is -0.615. The first-order valence-corrected chi connectivity index (χ1v) is 8.31. The van der Waals surface area contributed by atoms with Crippen molar-refractivity contribution in [3.8, 4) is 5.75 Å². The predicted octanol–water partition coefficient (Wildman–Crippen LogP) is 3.73. The number of nitrogens with zero attached hydrogens (tertiary/aromatic N) is 3. The molecule has 2 heterocycles. The van der Waals surface area contributed by atoms with Crippen molar-refractivity contribution in [3.63, 3.8) is 0 Å². The first kappa shape index (κ1) is 17.0. The van der Waals surface area contributed by atoms with Gasteiger partial charge in [-0.3, -0.25) is 4.79 Å². The van der Waals surface area contributed by atoms with Crippen molar-refractivity contribution in [2.75, 3.05) is 5.32 Å². The Morgan fingerprint density at radius 2 is 2.00 bits per heavy atom. The second kappa shape index (κ2) is 6.93. The van der Waals surface area contributed by atoms with Gasteiger partial charge >= 0.3 is 0 Å². The molecular formula is C19H22N4O2. The van der Waals surface area contributed by atoms with E-state index in [1.54, 1.807) is 19.3 Å². The number of ether oxygens (including phenoxy) is 1. The number of aromatic nitrogens is 3. The molecule has 0 unspecified atom stereocenters. The Bertz CT molecular complexity index is 901. The highest BCUT2D eigenvalue weighted by molar-refractivity contribution is 5.95. The zero-order valence-electron chi connectivity index (χ0n) is 14.9. The van der Waals surface area contributed by atoms with E-state index in [-0.39, 0.29) is 11.9 Å². The lowest BCUT2D eigenvalue weighted by atomic mass is 10.2. The summed E-state index contributed by atoms with van der Waals surface area (Å²) >= 11 is 0. The second-order valence-electron chi connectivity index (χ2n) is 6.39. The number of aryl methyl sites for hydroxylation is 1. The normalized spacial score (nSPS) is 12.4. The van der Waals surface area contributed by atoms with Gasteiger partial charge in [-0.1, -0.05) is 12.1 Å². The van der Waals surface area contributed by atoms with Crippen LogP contribution in [0.1, 0.15) is 32.4 Å². The Kier molecular flexibility index (Phi) is 4.70. The fourth-order valence-corrected chi connectivity index (χ4v) is 2.58. The Balaban J connectivity index is 1.70. The molecule has 0 saturated heterocycles. The van der Waals surface area contributed by atoms with E-state index < -0.39 is 6.10 Å². The highest BCUT2D eigenvalue weighted by Crippen LogP contribution is 2.20. The van der Waals surface area contributed by atoms with Crippen LogP contribution in [0.4, 0.5) is 5.69 Å². The van der Waals surface area contributed by atoms with Crippen LogP contribution in [0.5, 0.6) is 5.75 Å². The average molecular weight is 338 g/mol. The van der Waals surface area contributed by atoms with Crippen molar-refractivity contribution in [2.45, 2.75) is 39.8 Å². The number of anilines is 1. The quantitative estimate of drug-likeness (QED) is 0.770. The molecule has 0 bridgehead atoms. The Morgan fingerprint density at radius 3 is 2.72 bits per heavy atom. The van der Waals surface area contributed by atoms with Crippen molar-refractivity contribution in [1.82, 2.24) is 14.8 Å². The molecule has 0 aliphatic rings. The van der Waals surface area contributed by atoms with E-state index >= 15 is 0 Å². The standard InChI is InChI=1S/C19H22N4O2/c1-12(2)23-18-15(10-21-23)9-16(11-20-18)22-19(24)14(4)25-17-7-5-6-13(3)8-17/h5-12,14H,1-4H3,(H,22,24)/t14-/m0/s1. The molecule has 6 heteroatoms. The lowest BCUT2D eigenvalue weighted by molar-refractivity contribution is -0.122. The van der Waals surface area contributed by atoms with Crippen molar-refractivity contribution in [1.29, 1.82) is 0 Å². The largest absolute Gasteiger partial charge is 0.481 e. The van der Waals surface area contributed by atoms with Crippen molar-refractivity contribution in [2.24, 2.45) is 0 Å². The van der Waals surface area contributed by atoms with E-state index in [1.807, 2.05) is 55.8 Å². The molecular weight excluding hydrogens is 316 g/mol. The summed E-state index contributed by atoms with van der Waals surface area (Å²) in [7, 11) is 0. The average Bonchev–Trinajstić information content (AvgIpc) is 2.98. The van der Waals surface area contributed by atoms with Gasteiger partial charge in [-0.2, -0.15) is 5.10 Å². The molecule has 3 aromatic rings. The lowest BCUT2D eigenvalue weighted by Gasteiger charge is -2.15. The number of rotatable bonds is 5. The smallest absolute Gasteiger partial charge is 0.265 e. The number of amides is 1. The SMILES string of the molecule is Cc1cccc(O[C@@H](C)C(=O)Nc2cnc3c(cnn3C(C)C)c2)c1. The molecule has 0 fully saturated rings. The van der Waals surface area contributed by atoms with E-state index in [9.17, 15) is 4.79 Å². The monoisotopic (exact) mass is 338 g/mol. The molecule has 0 aliphatic carbocycles. The number of hydrogen-bond acceptors (Lipinski definition) is 4. The van der Waals surface area contributed by atoms with E-state index in [0.29, 0.717) is 11.4 Å². The number of carbonyl (C=O) groups excluding carboxylic acids is 1. The summed E-state index contributed by atoms with van der Waals surface area (Å²) < 4.78 is 7.55. The fourth-order valence-electron chi connectivity index (χ4n) is 2.58. The molecule has 1 amide bonds. The van der Waals surface area contributed by atoms with Crippen LogP contribution >= 0.6 is 0 Å². The molecule has 3 rings (SSSR count). The van der Waals surface area contributed by atoms with Crippen LogP contribution in [-0.4, -0.2) is 26.8 Å². The highest BCUT2D eigenvalue weighted by Gasteiger charge is 2.16. The van der Waals surface area contributed by atoms with Crippen molar-refractivity contribution < 1.29 is 9.53 Å². The van der Waals surface area contributed by atoms with Crippen LogP contribution in [0, 0.1) is 6.92 Å². The summed E-state index contributed by atoms with van der Waals surface area (Å²) in [6.45, 7) is 7.80. The third-order valence-corrected chi connectivity index (χ3v) is 3.86. The van der Waals surface area contributed by atoms with Crippen LogP contribution in [0.2, 0.25) is 0 Å². The summed E-state index contributed by atoms with van der Waals surface area (Å²) in [5.74, 6) is 0.452. The van der Waals surface area contributed by atoms with Gasteiger partial charge in [0.1, 0.15) is 5.75 Å². The summed E-state index contributed by atoms with van der Waals surface area (Å²) in [6, 6.07) is 9.72. The van der Waals surface area contributed by atoms with Crippen LogP contribution in [0.25, 0.3) is 11.0 Å². The van der Waals surface area contributed by atoms with Gasteiger partial charge in [-0.25, -0.2) is 9.67 Å². The van der Waals surface area contributed by atoms with Gasteiger partial charge in [0.05, 0.1) is 18.1 Å². The number of carbonyl (C=O) groups is 1. The van der Waals surface area contributed by atoms with Gasteiger partial charge in [-0.05, 0) is 51.5 Å². The Hall–Kier alpha value is -2.89. The topological polar surface area (TPSA) is 69.0 Å². The molecule has 6 nitrogen and oxygen atoms in total. The molecule has 0 saturated carbocycles. The molecule has 0 spiro atoms. The summed E-state index contributed by atoms with van der Waals surface area (Å²) in [5, 5.41) is 8.06. The number of nitrogens with one attached hydrogen (secondary N) is 1. The minimum absolute atomic E-state index is 0.223. The molecule has 2 aromatic heterocycles. The van der Waals surface area contributed by atoms with E-state index in [1.165, 1.54) is 0 Å². The van der Waals surface area contributed by atoms with Crippen molar-refractivity contribution in [3.05, 3.63) is 48.3 Å². The van der Waals surface area contributed by atoms with Gasteiger partial charge in [0, 0.05) is 11.4 Å². The number of hydrogen-bond donors (Lipinski definition) is 1. The number of benzene rings is 1. The molecule has 1 aromatic carbocycles. The van der Waals surface area contributed by atoms with E-state index in [0.717, 1.165) is 16.6 Å². The Morgan fingerprint density at radius 1 is 1.20 bits per heavy atom. The van der Waals surface area contributed by atoms with Crippen LogP contribution in [0.3, 0.4) is 0 Å². The number of pyridine rings is 1. The summed E-state index contributed by atoms with van der Waals surface area (Å²) in [4.78, 5) is 16.8. The fraction of sp³-hybridized carbons (Fsp3) is 0.316. The van der Waals surface area contributed by atoms with Gasteiger partial charge in [0.25, 0.3) is 5.91 Å². The maximum atomic E-state index is 12.4. The molecule has 130 valence electrons. The maximum Gasteiger partial charge on any atom is 0.265 e. The van der Waals surface area contributed by atoms with Crippen LogP contribution < -0.4 is 10.1 Å². The molecule has 0 aliphatic heterocycles. The van der Waals surface area contributed by atoms with Crippen LogP contribution in [0.15, 0.2) is 42.7 Å². The molecule has 1 N–H and O–H groups in total. The summed E-state index contributed by atoms with van der Waals surface area (Å²) in [5.41, 5.74) is 2.51. The first-order chi connectivity index (χ1) is 11.9. The van der Waals surface area contributed by atoms with Gasteiger partial charge in [0.15, 0.2) is 11.8 Å². The first-order valence-electron chi connectivity index (χ1n) is 8.31. The highest BCUT2D eigenvalue weighted by atomic mass is 16.5. The second-order valence-corrected chi connectivity index (χ2v) is 6.39. The minimum Gasteiger partial charge on any atom is -0.481 e. The van der Waals surface area contributed by atoms with Crippen LogP contribution in [-0.2, 0) is 4.79 Å². The maximum absolute atomic E-state index is 12.4. The van der Waals surface area contributed by atoms with E-state index in [4.69, 9.17) is 4.74 Å².